The standard InChI is InChI=1S/C12H12N2O2S/c13-6-9-1-4-14-7-10(9)17-8-12(2-3-12)5-11(15)16/h1,4,7H,2-3,5,8H2,(H,15,16). The van der Waals surface area contributed by atoms with Gasteiger partial charge in [0.25, 0.3) is 0 Å². The SMILES string of the molecule is N#Cc1ccncc1SCC1(CC(=O)O)CC1. The van der Waals surface area contributed by atoms with Crippen LogP contribution in [0.5, 0.6) is 0 Å². The van der Waals surface area contributed by atoms with Gasteiger partial charge in [0.15, 0.2) is 0 Å². The number of rotatable bonds is 5. The van der Waals surface area contributed by atoms with Gasteiger partial charge in [-0.1, -0.05) is 0 Å². The third-order valence-corrected chi connectivity index (χ3v) is 4.32. The maximum Gasteiger partial charge on any atom is 0.303 e. The van der Waals surface area contributed by atoms with Gasteiger partial charge in [-0.05, 0) is 24.3 Å². The molecule has 1 aliphatic rings. The number of hydrogen-bond donors (Lipinski definition) is 1. The number of nitrogens with zero attached hydrogens (tertiary/aromatic N) is 2. The van der Waals surface area contributed by atoms with Gasteiger partial charge in [0.1, 0.15) is 6.07 Å². The molecule has 0 unspecified atom stereocenters. The molecule has 0 amide bonds. The minimum absolute atomic E-state index is 0.0565. The smallest absolute Gasteiger partial charge is 0.303 e. The van der Waals surface area contributed by atoms with Crippen LogP contribution < -0.4 is 0 Å². The zero-order valence-electron chi connectivity index (χ0n) is 9.22. The van der Waals surface area contributed by atoms with Crippen LogP contribution in [0.1, 0.15) is 24.8 Å². The largest absolute Gasteiger partial charge is 0.481 e. The van der Waals surface area contributed by atoms with E-state index in [9.17, 15) is 4.79 Å². The zero-order chi connectivity index (χ0) is 12.3. The average Bonchev–Trinajstić information content (AvgIpc) is 3.06. The summed E-state index contributed by atoms with van der Waals surface area (Å²) in [4.78, 5) is 15.5. The van der Waals surface area contributed by atoms with Crippen molar-refractivity contribution < 1.29 is 9.90 Å². The van der Waals surface area contributed by atoms with Gasteiger partial charge < -0.3 is 5.11 Å². The Bertz CT molecular complexity index is 478. The van der Waals surface area contributed by atoms with E-state index in [0.29, 0.717) is 5.56 Å². The van der Waals surface area contributed by atoms with Crippen molar-refractivity contribution in [3.63, 3.8) is 0 Å². The predicted octanol–water partition coefficient (Wildman–Crippen LogP) is 2.30. The summed E-state index contributed by atoms with van der Waals surface area (Å²) >= 11 is 1.53. The first kappa shape index (κ1) is 11.9. The topological polar surface area (TPSA) is 74.0 Å². The maximum atomic E-state index is 10.7. The molecule has 0 saturated heterocycles. The van der Waals surface area contributed by atoms with Crippen LogP contribution in [0.15, 0.2) is 23.4 Å². The quantitative estimate of drug-likeness (QED) is 0.809. The lowest BCUT2D eigenvalue weighted by Gasteiger charge is -2.11. The van der Waals surface area contributed by atoms with Crippen LogP contribution in [0.3, 0.4) is 0 Å². The van der Waals surface area contributed by atoms with Gasteiger partial charge >= 0.3 is 5.97 Å². The van der Waals surface area contributed by atoms with Gasteiger partial charge in [0.2, 0.25) is 0 Å². The van der Waals surface area contributed by atoms with Crippen LogP contribution in [0.25, 0.3) is 0 Å². The van der Waals surface area contributed by atoms with Crippen LogP contribution in [0.4, 0.5) is 0 Å². The fourth-order valence-corrected chi connectivity index (χ4v) is 2.94. The Morgan fingerprint density at radius 2 is 2.41 bits per heavy atom. The summed E-state index contributed by atoms with van der Waals surface area (Å²) in [6, 6.07) is 3.80. The number of carboxylic acids is 1. The first-order valence-electron chi connectivity index (χ1n) is 5.34. The highest BCUT2D eigenvalue weighted by Crippen LogP contribution is 2.52. The molecular weight excluding hydrogens is 236 g/mol. The highest BCUT2D eigenvalue weighted by Gasteiger charge is 2.44. The monoisotopic (exact) mass is 248 g/mol. The molecule has 1 saturated carbocycles. The minimum atomic E-state index is -0.741. The lowest BCUT2D eigenvalue weighted by Crippen LogP contribution is -2.11. The lowest BCUT2D eigenvalue weighted by atomic mass is 10.1. The molecule has 1 N–H and O–H groups in total. The molecule has 0 spiro atoms. The van der Waals surface area contributed by atoms with Crippen molar-refractivity contribution in [1.82, 2.24) is 4.98 Å². The Balaban J connectivity index is 1.99. The third kappa shape index (κ3) is 2.98. The van der Waals surface area contributed by atoms with E-state index in [1.165, 1.54) is 11.8 Å². The Kier molecular flexibility index (Phi) is 3.34. The highest BCUT2D eigenvalue weighted by molar-refractivity contribution is 7.99. The van der Waals surface area contributed by atoms with Crippen LogP contribution >= 0.6 is 11.8 Å². The first-order chi connectivity index (χ1) is 8.15. The zero-order valence-corrected chi connectivity index (χ0v) is 10.0. The van der Waals surface area contributed by atoms with E-state index in [1.54, 1.807) is 18.5 Å². The van der Waals surface area contributed by atoms with Crippen LogP contribution in [-0.4, -0.2) is 21.8 Å². The van der Waals surface area contributed by atoms with Gasteiger partial charge in [0.05, 0.1) is 12.0 Å². The molecule has 0 atom stereocenters. The molecule has 17 heavy (non-hydrogen) atoms. The molecule has 1 aromatic heterocycles. The van der Waals surface area contributed by atoms with Gasteiger partial charge in [-0.25, -0.2) is 0 Å². The van der Waals surface area contributed by atoms with Gasteiger partial charge in [0, 0.05) is 23.0 Å². The number of nitriles is 1. The van der Waals surface area contributed by atoms with Gasteiger partial charge in [-0.3, -0.25) is 9.78 Å². The number of pyridine rings is 1. The summed E-state index contributed by atoms with van der Waals surface area (Å²) in [5.41, 5.74) is 0.551. The van der Waals surface area contributed by atoms with Crippen molar-refractivity contribution in [3.8, 4) is 6.07 Å². The second kappa shape index (κ2) is 4.76. The molecule has 0 aromatic carbocycles. The molecule has 0 aliphatic heterocycles. The minimum Gasteiger partial charge on any atom is -0.481 e. The van der Waals surface area contributed by atoms with Gasteiger partial charge in [-0.15, -0.1) is 11.8 Å². The Labute approximate surface area is 104 Å². The fraction of sp³-hybridized carbons (Fsp3) is 0.417. The molecule has 4 nitrogen and oxygen atoms in total. The molecule has 5 heteroatoms. The van der Waals surface area contributed by atoms with Crippen LogP contribution in [-0.2, 0) is 4.79 Å². The summed E-state index contributed by atoms with van der Waals surface area (Å²) in [7, 11) is 0. The second-order valence-corrected chi connectivity index (χ2v) is 5.36. The fourth-order valence-electron chi connectivity index (χ4n) is 1.69. The molecule has 1 heterocycles. The number of aromatic nitrogens is 1. The van der Waals surface area contributed by atoms with Crippen LogP contribution in [0, 0.1) is 16.7 Å². The van der Waals surface area contributed by atoms with E-state index in [1.807, 2.05) is 0 Å². The van der Waals surface area contributed by atoms with E-state index in [0.717, 1.165) is 23.5 Å². The predicted molar refractivity (Wildman–Crippen MR) is 63.6 cm³/mol. The molecule has 0 radical (unpaired) electrons. The van der Waals surface area contributed by atoms with Crippen molar-refractivity contribution in [3.05, 3.63) is 24.0 Å². The summed E-state index contributed by atoms with van der Waals surface area (Å²) in [5.74, 6) is 0.00874. The Morgan fingerprint density at radius 1 is 1.65 bits per heavy atom. The van der Waals surface area contributed by atoms with Gasteiger partial charge in [-0.2, -0.15) is 5.26 Å². The van der Waals surface area contributed by atoms with Crippen molar-refractivity contribution in [2.45, 2.75) is 24.2 Å². The third-order valence-electron chi connectivity index (χ3n) is 2.92. The highest BCUT2D eigenvalue weighted by atomic mass is 32.2. The number of carboxylic acid groups (broad SMARTS) is 1. The molecule has 1 aliphatic carbocycles. The van der Waals surface area contributed by atoms with E-state index < -0.39 is 5.97 Å². The lowest BCUT2D eigenvalue weighted by molar-refractivity contribution is -0.138. The Morgan fingerprint density at radius 3 is 3.00 bits per heavy atom. The van der Waals surface area contributed by atoms with E-state index in [-0.39, 0.29) is 11.8 Å². The normalized spacial score (nSPS) is 16.2. The van der Waals surface area contributed by atoms with Crippen molar-refractivity contribution in [1.29, 1.82) is 5.26 Å². The van der Waals surface area contributed by atoms with E-state index in [4.69, 9.17) is 10.4 Å². The number of aliphatic carboxylic acids is 1. The Hall–Kier alpha value is -1.54. The maximum absolute atomic E-state index is 10.7. The molecule has 2 rings (SSSR count). The summed E-state index contributed by atoms with van der Waals surface area (Å²) in [5, 5.41) is 17.7. The summed E-state index contributed by atoms with van der Waals surface area (Å²) < 4.78 is 0. The molecular formula is C12H12N2O2S. The average molecular weight is 248 g/mol. The van der Waals surface area contributed by atoms with E-state index in [2.05, 4.69) is 11.1 Å². The summed E-state index contributed by atoms with van der Waals surface area (Å²) in [6.45, 7) is 0. The molecule has 0 bridgehead atoms. The molecule has 1 fully saturated rings. The van der Waals surface area contributed by atoms with Crippen molar-refractivity contribution in [2.24, 2.45) is 5.41 Å². The van der Waals surface area contributed by atoms with Crippen molar-refractivity contribution >= 4 is 17.7 Å². The number of thioether (sulfide) groups is 1. The molecule has 1 aromatic rings. The number of hydrogen-bond acceptors (Lipinski definition) is 4. The first-order valence-corrected chi connectivity index (χ1v) is 6.32. The van der Waals surface area contributed by atoms with E-state index >= 15 is 0 Å². The van der Waals surface area contributed by atoms with Crippen LogP contribution in [0.2, 0.25) is 0 Å². The molecule has 88 valence electrons. The van der Waals surface area contributed by atoms with Crippen molar-refractivity contribution in [2.75, 3.05) is 5.75 Å². The second-order valence-electron chi connectivity index (χ2n) is 4.34. The summed E-state index contributed by atoms with van der Waals surface area (Å²) in [6.07, 6.45) is 5.41. The number of carbonyl (C=O) groups is 1.